The van der Waals surface area contributed by atoms with E-state index in [4.69, 9.17) is 10.5 Å². The Balaban J connectivity index is 2.08. The second-order valence-corrected chi connectivity index (χ2v) is 5.44. The number of anilines is 1. The summed E-state index contributed by atoms with van der Waals surface area (Å²) in [7, 11) is 1.28. The molecule has 0 saturated carbocycles. The number of aromatic nitrogens is 3. The Morgan fingerprint density at radius 1 is 1.58 bits per heavy atom. The van der Waals surface area contributed by atoms with Gasteiger partial charge in [-0.1, -0.05) is 0 Å². The van der Waals surface area contributed by atoms with E-state index in [2.05, 4.69) is 14.7 Å². The molecule has 0 aromatic carbocycles. The van der Waals surface area contributed by atoms with Gasteiger partial charge >= 0.3 is 5.97 Å². The normalized spacial score (nSPS) is 24.0. The van der Waals surface area contributed by atoms with Gasteiger partial charge in [-0.25, -0.2) is 14.8 Å². The molecule has 3 atom stereocenters. The third-order valence-corrected chi connectivity index (χ3v) is 3.91. The largest absolute Gasteiger partial charge is 0.466 e. The van der Waals surface area contributed by atoms with Gasteiger partial charge in [0.15, 0.2) is 6.23 Å². The average molecular weight is 334 g/mol. The highest BCUT2D eigenvalue weighted by molar-refractivity contribution is 5.97. The summed E-state index contributed by atoms with van der Waals surface area (Å²) in [4.78, 5) is 19.5. The summed E-state index contributed by atoms with van der Waals surface area (Å²) < 4.78 is 11.9. The molecule has 0 radical (unpaired) electrons. The van der Waals surface area contributed by atoms with Crippen molar-refractivity contribution in [3.8, 4) is 0 Å². The van der Waals surface area contributed by atoms with Crippen molar-refractivity contribution in [3.63, 3.8) is 0 Å². The van der Waals surface area contributed by atoms with Crippen LogP contribution in [0, 0.1) is 0 Å². The van der Waals surface area contributed by atoms with Crippen LogP contribution in [-0.2, 0) is 14.3 Å². The van der Waals surface area contributed by atoms with E-state index in [-0.39, 0.29) is 12.4 Å². The lowest BCUT2D eigenvalue weighted by atomic mass is 10.2. The fourth-order valence-corrected chi connectivity index (χ4v) is 2.78. The fourth-order valence-electron chi connectivity index (χ4n) is 2.78. The van der Waals surface area contributed by atoms with Crippen LogP contribution in [-0.4, -0.2) is 56.6 Å². The van der Waals surface area contributed by atoms with Gasteiger partial charge in [-0.2, -0.15) is 0 Å². The van der Waals surface area contributed by atoms with Crippen LogP contribution in [0.5, 0.6) is 0 Å². The van der Waals surface area contributed by atoms with Crippen LogP contribution in [0.3, 0.4) is 0 Å². The zero-order valence-electron chi connectivity index (χ0n) is 13.0. The van der Waals surface area contributed by atoms with Gasteiger partial charge in [-0.05, 0) is 6.08 Å². The van der Waals surface area contributed by atoms with Gasteiger partial charge in [0.05, 0.1) is 25.2 Å². The molecule has 9 nitrogen and oxygen atoms in total. The number of carbonyl (C=O) groups excluding carboxylic acids is 1. The Labute approximate surface area is 137 Å². The van der Waals surface area contributed by atoms with Gasteiger partial charge in [0.25, 0.3) is 0 Å². The van der Waals surface area contributed by atoms with Crippen LogP contribution in [0.25, 0.3) is 17.1 Å². The molecule has 9 heteroatoms. The van der Waals surface area contributed by atoms with Crippen molar-refractivity contribution in [3.05, 3.63) is 24.2 Å². The predicted molar refractivity (Wildman–Crippen MR) is 84.6 cm³/mol. The zero-order chi connectivity index (χ0) is 17.3. The second kappa shape index (κ2) is 6.56. The molecule has 0 aliphatic carbocycles. The summed E-state index contributed by atoms with van der Waals surface area (Å²) in [6, 6.07) is 0. The Morgan fingerprint density at radius 2 is 2.38 bits per heavy atom. The minimum absolute atomic E-state index is 0.182. The van der Waals surface area contributed by atoms with Gasteiger partial charge < -0.3 is 30.0 Å². The summed E-state index contributed by atoms with van der Waals surface area (Å²) in [6.45, 7) is -0.182. The van der Waals surface area contributed by atoms with Crippen LogP contribution in [0.2, 0.25) is 0 Å². The van der Waals surface area contributed by atoms with Crippen LogP contribution in [0.4, 0.5) is 5.82 Å². The van der Waals surface area contributed by atoms with E-state index in [1.165, 1.54) is 25.6 Å². The summed E-state index contributed by atoms with van der Waals surface area (Å²) in [5.74, 6) is -0.265. The molecule has 3 rings (SSSR count). The second-order valence-electron chi connectivity index (χ2n) is 5.44. The molecule has 0 unspecified atom stereocenters. The molecular weight excluding hydrogens is 316 g/mol. The Bertz CT molecular complexity index is 788. The van der Waals surface area contributed by atoms with Gasteiger partial charge in [0, 0.05) is 24.3 Å². The van der Waals surface area contributed by atoms with E-state index < -0.39 is 24.4 Å². The van der Waals surface area contributed by atoms with Crippen molar-refractivity contribution in [2.24, 2.45) is 0 Å². The number of hydrogen-bond acceptors (Lipinski definition) is 8. The first-order valence-corrected chi connectivity index (χ1v) is 7.36. The van der Waals surface area contributed by atoms with Crippen LogP contribution in [0.1, 0.15) is 18.2 Å². The molecule has 1 saturated heterocycles. The zero-order valence-corrected chi connectivity index (χ0v) is 13.0. The molecule has 1 fully saturated rings. The minimum Gasteiger partial charge on any atom is -0.466 e. The number of ether oxygens (including phenoxy) is 2. The molecule has 4 N–H and O–H groups in total. The lowest BCUT2D eigenvalue weighted by molar-refractivity contribution is -0.134. The number of esters is 1. The smallest absolute Gasteiger partial charge is 0.330 e. The van der Waals surface area contributed by atoms with Crippen molar-refractivity contribution in [1.29, 1.82) is 0 Å². The van der Waals surface area contributed by atoms with Crippen LogP contribution >= 0.6 is 0 Å². The van der Waals surface area contributed by atoms with E-state index >= 15 is 0 Å². The number of nitrogens with zero attached hydrogens (tertiary/aromatic N) is 3. The molecular formula is C15H18N4O5. The maximum absolute atomic E-state index is 11.3. The van der Waals surface area contributed by atoms with Crippen LogP contribution < -0.4 is 5.73 Å². The summed E-state index contributed by atoms with van der Waals surface area (Å²) in [6.07, 6.45) is 4.13. The highest BCUT2D eigenvalue weighted by Gasteiger charge is 2.36. The molecule has 0 amide bonds. The van der Waals surface area contributed by atoms with Gasteiger partial charge in [0.1, 0.15) is 23.9 Å². The SMILES string of the molecule is COC(=O)C=Cc1cn([C@@H]2O[C@H](CO)C[C@H]2O)c2ncnc(N)c12. The van der Waals surface area contributed by atoms with E-state index in [0.717, 1.165) is 0 Å². The van der Waals surface area contributed by atoms with Crippen LogP contribution in [0.15, 0.2) is 18.6 Å². The van der Waals surface area contributed by atoms with Crippen molar-refractivity contribution in [2.45, 2.75) is 24.9 Å². The van der Waals surface area contributed by atoms with E-state index in [9.17, 15) is 15.0 Å². The summed E-state index contributed by atoms with van der Waals surface area (Å²) in [5.41, 5.74) is 7.00. The van der Waals surface area contributed by atoms with Gasteiger partial charge in [-0.3, -0.25) is 0 Å². The molecule has 3 heterocycles. The monoisotopic (exact) mass is 334 g/mol. The number of nitrogen functional groups attached to an aromatic ring is 1. The molecule has 1 aliphatic rings. The standard InChI is InChI=1S/C15H18N4O5/c1-23-11(22)3-2-8-5-19(14-12(8)13(16)17-7-18-14)15-10(21)4-9(6-20)24-15/h2-3,5,7,9-10,15,20-21H,4,6H2,1H3,(H2,16,17,18)/t9-,10+,15+/m0/s1. The number of hydrogen-bond donors (Lipinski definition) is 3. The molecule has 2 aromatic rings. The van der Waals surface area contributed by atoms with Gasteiger partial charge in [0.2, 0.25) is 0 Å². The van der Waals surface area contributed by atoms with Crippen molar-refractivity contribution >= 4 is 28.9 Å². The molecule has 24 heavy (non-hydrogen) atoms. The third kappa shape index (κ3) is 2.84. The Kier molecular flexibility index (Phi) is 4.47. The number of aliphatic hydroxyl groups is 2. The maximum Gasteiger partial charge on any atom is 0.330 e. The molecule has 0 spiro atoms. The quantitative estimate of drug-likeness (QED) is 0.519. The number of rotatable bonds is 4. The average Bonchev–Trinajstić information content (AvgIpc) is 3.13. The summed E-state index contributed by atoms with van der Waals surface area (Å²) in [5, 5.41) is 20.0. The lowest BCUT2D eigenvalue weighted by Crippen LogP contribution is -2.19. The molecule has 2 aromatic heterocycles. The first-order valence-electron chi connectivity index (χ1n) is 7.36. The lowest BCUT2D eigenvalue weighted by Gasteiger charge is -2.17. The first kappa shape index (κ1) is 16.4. The molecule has 0 bridgehead atoms. The number of methoxy groups -OCH3 is 1. The van der Waals surface area contributed by atoms with E-state index in [0.29, 0.717) is 23.0 Å². The third-order valence-electron chi connectivity index (χ3n) is 3.91. The van der Waals surface area contributed by atoms with Gasteiger partial charge in [-0.15, -0.1) is 0 Å². The Hall–Kier alpha value is -2.49. The number of fused-ring (bicyclic) bond motifs is 1. The van der Waals surface area contributed by atoms with Crippen molar-refractivity contribution in [2.75, 3.05) is 19.5 Å². The van der Waals surface area contributed by atoms with Crippen molar-refractivity contribution in [1.82, 2.24) is 14.5 Å². The number of carbonyl (C=O) groups is 1. The van der Waals surface area contributed by atoms with E-state index in [1.807, 2.05) is 0 Å². The predicted octanol–water partition coefficient (Wildman–Crippen LogP) is -0.160. The van der Waals surface area contributed by atoms with E-state index in [1.54, 1.807) is 10.8 Å². The number of aliphatic hydroxyl groups excluding tert-OH is 2. The molecule has 128 valence electrons. The Morgan fingerprint density at radius 3 is 3.04 bits per heavy atom. The summed E-state index contributed by atoms with van der Waals surface area (Å²) >= 11 is 0. The first-order chi connectivity index (χ1) is 11.5. The van der Waals surface area contributed by atoms with Crippen molar-refractivity contribution < 1.29 is 24.5 Å². The number of nitrogens with two attached hydrogens (primary N) is 1. The molecule has 1 aliphatic heterocycles. The maximum atomic E-state index is 11.3. The highest BCUT2D eigenvalue weighted by atomic mass is 16.5. The minimum atomic E-state index is -0.800. The topological polar surface area (TPSA) is 133 Å². The fraction of sp³-hybridized carbons (Fsp3) is 0.400. The highest BCUT2D eigenvalue weighted by Crippen LogP contribution is 2.34.